The molecule has 0 aromatic rings. The van der Waals surface area contributed by atoms with Crippen molar-refractivity contribution < 1.29 is 32.3 Å². The van der Waals surface area contributed by atoms with E-state index >= 15 is 0 Å². The Hall–Kier alpha value is 0.353. The standard InChI is InChI=1S/C2H4O.O.Zr/c1-2-3;;/h2H,1H3;;. The van der Waals surface area contributed by atoms with E-state index < -0.39 is 0 Å². The van der Waals surface area contributed by atoms with E-state index in [1.165, 1.54) is 6.92 Å². The molecular formula is C2H4O2Zr. The maximum atomic E-state index is 8.81. The maximum absolute atomic E-state index is 8.81. The van der Waals surface area contributed by atoms with Crippen LogP contribution in [0.1, 0.15) is 6.92 Å². The van der Waals surface area contributed by atoms with Crippen LogP contribution in [-0.4, -0.2) is 6.29 Å². The Kier molecular flexibility index (Phi) is 48.2. The van der Waals surface area contributed by atoms with Crippen molar-refractivity contribution in [3.63, 3.8) is 0 Å². The average Bonchev–Trinajstić information content (AvgIpc) is 1.46. The van der Waals surface area contributed by atoms with Gasteiger partial charge in [-0.25, -0.2) is 0 Å². The molecule has 3 heteroatoms. The molecule has 0 aliphatic rings. The van der Waals surface area contributed by atoms with Crippen LogP contribution in [0.15, 0.2) is 0 Å². The molecule has 0 saturated heterocycles. The summed E-state index contributed by atoms with van der Waals surface area (Å²) in [5.41, 5.74) is 0. The van der Waals surface area contributed by atoms with Gasteiger partial charge in [-0.1, -0.05) is 0 Å². The zero-order valence-corrected chi connectivity index (χ0v) is 5.35. The summed E-state index contributed by atoms with van der Waals surface area (Å²) in [6.45, 7) is 1.44. The Morgan fingerprint density at radius 1 is 1.60 bits per heavy atom. The number of hydrogen-bond donors (Lipinski definition) is 0. The fourth-order valence-corrected chi connectivity index (χ4v) is 0. The van der Waals surface area contributed by atoms with Gasteiger partial charge in [0.15, 0.2) is 0 Å². The Morgan fingerprint density at radius 2 is 1.60 bits per heavy atom. The van der Waals surface area contributed by atoms with Crippen molar-refractivity contribution in [1.82, 2.24) is 0 Å². The van der Waals surface area contributed by atoms with Gasteiger partial charge in [0.2, 0.25) is 0 Å². The van der Waals surface area contributed by atoms with Crippen LogP contribution in [0.25, 0.3) is 0 Å². The molecule has 0 aromatic carbocycles. The Labute approximate surface area is 45.9 Å². The van der Waals surface area contributed by atoms with Crippen LogP contribution in [-0.2, 0) is 32.3 Å². The predicted molar refractivity (Wildman–Crippen MR) is 12.4 cm³/mol. The fraction of sp³-hybridized carbons (Fsp3) is 0.500. The van der Waals surface area contributed by atoms with Crippen molar-refractivity contribution >= 4 is 6.29 Å². The summed E-state index contributed by atoms with van der Waals surface area (Å²) < 4.78 is 8.34. The van der Waals surface area contributed by atoms with E-state index in [0.29, 0.717) is 24.7 Å². The van der Waals surface area contributed by atoms with Gasteiger partial charge in [0, 0.05) is 0 Å². The zero-order valence-electron chi connectivity index (χ0n) is 2.89. The molecule has 0 bridgehead atoms. The number of carbonyl (C=O) groups is 1. The first-order chi connectivity index (χ1) is 2.41. The molecule has 0 saturated carbocycles. The van der Waals surface area contributed by atoms with E-state index in [0.717, 1.165) is 6.29 Å². The van der Waals surface area contributed by atoms with Crippen LogP contribution >= 0.6 is 0 Å². The summed E-state index contributed by atoms with van der Waals surface area (Å²) in [6.07, 6.45) is 0.750. The molecule has 0 heterocycles. The van der Waals surface area contributed by atoms with Crippen LogP contribution < -0.4 is 0 Å². The monoisotopic (exact) mass is 150 g/mol. The first-order valence-corrected chi connectivity index (χ1v) is 2.02. The van der Waals surface area contributed by atoms with Gasteiger partial charge < -0.3 is 4.79 Å². The molecule has 28 valence electrons. The van der Waals surface area contributed by atoms with Gasteiger partial charge >= 0.3 is 27.5 Å². The predicted octanol–water partition coefficient (Wildman–Crippen LogP) is 0.0839. The van der Waals surface area contributed by atoms with Gasteiger partial charge in [0.05, 0.1) is 0 Å². The van der Waals surface area contributed by atoms with E-state index in [1.54, 1.807) is 0 Å². The average molecular weight is 151 g/mol. The number of hydrogen-bond acceptors (Lipinski definition) is 2. The summed E-state index contributed by atoms with van der Waals surface area (Å²) in [7, 11) is 0. The number of aldehydes is 1. The SMILES string of the molecule is CC=O.[O]=[Zr]. The Bertz CT molecular complexity index is 21.6. The summed E-state index contributed by atoms with van der Waals surface area (Å²) in [5, 5.41) is 0. The Morgan fingerprint density at radius 3 is 1.60 bits per heavy atom. The second-order valence-electron chi connectivity index (χ2n) is 0.236. The molecule has 0 aromatic heterocycles. The van der Waals surface area contributed by atoms with Gasteiger partial charge in [-0.2, -0.15) is 0 Å². The van der Waals surface area contributed by atoms with E-state index in [2.05, 4.69) is 0 Å². The minimum absolute atomic E-state index is 0.300. The van der Waals surface area contributed by atoms with Crippen molar-refractivity contribution in [3.8, 4) is 0 Å². The molecule has 0 aliphatic heterocycles. The molecule has 0 rings (SSSR count). The van der Waals surface area contributed by atoms with Gasteiger partial charge in [0.1, 0.15) is 6.29 Å². The number of rotatable bonds is 0. The molecule has 0 atom stereocenters. The van der Waals surface area contributed by atoms with Gasteiger partial charge in [0.25, 0.3) is 0 Å². The van der Waals surface area contributed by atoms with Crippen LogP contribution in [0.5, 0.6) is 0 Å². The third kappa shape index (κ3) is 193. The fourth-order valence-electron chi connectivity index (χ4n) is 0. The van der Waals surface area contributed by atoms with Crippen molar-refractivity contribution in [2.24, 2.45) is 0 Å². The van der Waals surface area contributed by atoms with Crippen LogP contribution in [0.2, 0.25) is 0 Å². The van der Waals surface area contributed by atoms with Crippen LogP contribution in [0, 0.1) is 0 Å². The van der Waals surface area contributed by atoms with Crippen molar-refractivity contribution in [1.29, 1.82) is 0 Å². The first kappa shape index (κ1) is 9.02. The van der Waals surface area contributed by atoms with Crippen LogP contribution in [0.3, 0.4) is 0 Å². The zero-order chi connectivity index (χ0) is 4.71. The van der Waals surface area contributed by atoms with Crippen molar-refractivity contribution in [2.45, 2.75) is 6.92 Å². The van der Waals surface area contributed by atoms with E-state index in [9.17, 15) is 0 Å². The molecule has 2 nitrogen and oxygen atoms in total. The topological polar surface area (TPSA) is 34.1 Å². The van der Waals surface area contributed by atoms with Crippen LogP contribution in [0.4, 0.5) is 0 Å². The third-order valence-corrected chi connectivity index (χ3v) is 0. The Balaban J connectivity index is 0. The normalized spacial score (nSPS) is 3.20. The molecule has 0 unspecified atom stereocenters. The molecule has 0 fully saturated rings. The summed E-state index contributed by atoms with van der Waals surface area (Å²) in [4.78, 5) is 8.81. The quantitative estimate of drug-likeness (QED) is 0.460. The van der Waals surface area contributed by atoms with Gasteiger partial charge in [-0.05, 0) is 6.92 Å². The summed E-state index contributed by atoms with van der Waals surface area (Å²) in [6, 6.07) is 0. The van der Waals surface area contributed by atoms with Crippen molar-refractivity contribution in [3.05, 3.63) is 0 Å². The molecule has 0 aliphatic carbocycles. The van der Waals surface area contributed by atoms with Gasteiger partial charge in [-0.3, -0.25) is 0 Å². The van der Waals surface area contributed by atoms with Crippen molar-refractivity contribution in [2.75, 3.05) is 0 Å². The summed E-state index contributed by atoms with van der Waals surface area (Å²) in [5.74, 6) is 0. The number of carbonyl (C=O) groups excluding carboxylic acids is 1. The second-order valence-corrected chi connectivity index (χ2v) is 0.236. The molecule has 0 amide bonds. The molecule has 0 N–H and O–H groups in total. The molecule has 5 heavy (non-hydrogen) atoms. The van der Waals surface area contributed by atoms with E-state index in [-0.39, 0.29) is 0 Å². The van der Waals surface area contributed by atoms with E-state index in [4.69, 9.17) is 7.61 Å². The third-order valence-electron chi connectivity index (χ3n) is 0. The molecule has 0 spiro atoms. The van der Waals surface area contributed by atoms with Gasteiger partial charge in [-0.15, -0.1) is 0 Å². The summed E-state index contributed by atoms with van der Waals surface area (Å²) >= 11 is 0.300. The molecule has 0 radical (unpaired) electrons. The second kappa shape index (κ2) is 26.7. The first-order valence-electron chi connectivity index (χ1n) is 1.02. The molecular weight excluding hydrogens is 147 g/mol. The van der Waals surface area contributed by atoms with E-state index in [1.807, 2.05) is 0 Å². The minimum atomic E-state index is 0.300.